The number of halogens is 1. The lowest BCUT2D eigenvalue weighted by Crippen LogP contribution is -1.95. The van der Waals surface area contributed by atoms with E-state index in [1.165, 1.54) is 5.56 Å². The predicted octanol–water partition coefficient (Wildman–Crippen LogP) is 2.95. The van der Waals surface area contributed by atoms with E-state index in [0.29, 0.717) is 0 Å². The molecule has 15 heavy (non-hydrogen) atoms. The summed E-state index contributed by atoms with van der Waals surface area (Å²) in [6.07, 6.45) is 5.74. The van der Waals surface area contributed by atoms with Crippen LogP contribution < -0.4 is 4.74 Å². The molecule has 78 valence electrons. The lowest BCUT2D eigenvalue weighted by molar-refractivity contribution is 0.411. The first-order chi connectivity index (χ1) is 7.20. The van der Waals surface area contributed by atoms with Crippen LogP contribution in [0.4, 0.5) is 0 Å². The van der Waals surface area contributed by atoms with Crippen LogP contribution in [0.15, 0.2) is 35.2 Å². The van der Waals surface area contributed by atoms with E-state index in [0.717, 1.165) is 16.0 Å². The maximum Gasteiger partial charge on any atom is 0.140 e. The molecule has 2 rings (SSSR count). The van der Waals surface area contributed by atoms with Gasteiger partial charge < -0.3 is 9.30 Å². The number of hydrogen-bond donors (Lipinski definition) is 0. The van der Waals surface area contributed by atoms with Gasteiger partial charge in [0.15, 0.2) is 0 Å². The fourth-order valence-corrected chi connectivity index (χ4v) is 1.73. The van der Waals surface area contributed by atoms with Gasteiger partial charge in [-0.1, -0.05) is 0 Å². The van der Waals surface area contributed by atoms with Crippen molar-refractivity contribution in [1.29, 1.82) is 0 Å². The van der Waals surface area contributed by atoms with Crippen molar-refractivity contribution in [2.24, 2.45) is 0 Å². The number of nitrogens with zero attached hydrogens (tertiary/aromatic N) is 2. The Morgan fingerprint density at radius 2 is 2.27 bits per heavy atom. The van der Waals surface area contributed by atoms with E-state index < -0.39 is 0 Å². The quantitative estimate of drug-likeness (QED) is 0.836. The summed E-state index contributed by atoms with van der Waals surface area (Å²) < 4.78 is 8.04. The highest BCUT2D eigenvalue weighted by molar-refractivity contribution is 9.10. The second-order valence-electron chi connectivity index (χ2n) is 3.27. The van der Waals surface area contributed by atoms with Gasteiger partial charge in [0.2, 0.25) is 0 Å². The zero-order valence-electron chi connectivity index (χ0n) is 8.57. The Morgan fingerprint density at radius 3 is 2.87 bits per heavy atom. The summed E-state index contributed by atoms with van der Waals surface area (Å²) >= 11 is 3.37. The molecule has 0 bridgehead atoms. The fourth-order valence-electron chi connectivity index (χ4n) is 1.35. The normalized spacial score (nSPS) is 10.3. The number of aryl methyl sites for hydroxylation is 1. The molecule has 0 aromatic carbocycles. The number of pyridine rings is 1. The third-order valence-corrected chi connectivity index (χ3v) is 2.73. The van der Waals surface area contributed by atoms with Crippen molar-refractivity contribution in [2.45, 2.75) is 6.92 Å². The molecule has 0 saturated carbocycles. The first-order valence-electron chi connectivity index (χ1n) is 4.55. The molecule has 4 heteroatoms. The largest absolute Gasteiger partial charge is 0.495 e. The summed E-state index contributed by atoms with van der Waals surface area (Å²) in [6, 6.07) is 3.93. The highest BCUT2D eigenvalue weighted by Gasteiger charge is 2.04. The molecule has 0 spiro atoms. The topological polar surface area (TPSA) is 27.1 Å². The van der Waals surface area contributed by atoms with E-state index in [1.807, 2.05) is 36.0 Å². The first-order valence-corrected chi connectivity index (χ1v) is 5.34. The average Bonchev–Trinajstić information content (AvgIpc) is 2.66. The fraction of sp³-hybridized carbons (Fsp3) is 0.182. The van der Waals surface area contributed by atoms with Crippen molar-refractivity contribution >= 4 is 15.9 Å². The lowest BCUT2D eigenvalue weighted by atomic mass is 10.4. The average molecular weight is 267 g/mol. The molecule has 0 radical (unpaired) electrons. The summed E-state index contributed by atoms with van der Waals surface area (Å²) in [6.45, 7) is 2.05. The molecule has 0 aliphatic carbocycles. The van der Waals surface area contributed by atoms with E-state index >= 15 is 0 Å². The van der Waals surface area contributed by atoms with Gasteiger partial charge >= 0.3 is 0 Å². The van der Waals surface area contributed by atoms with Crippen LogP contribution in [0.5, 0.6) is 5.75 Å². The van der Waals surface area contributed by atoms with Crippen molar-refractivity contribution in [2.75, 3.05) is 7.11 Å². The maximum absolute atomic E-state index is 5.21. The Morgan fingerprint density at radius 1 is 1.47 bits per heavy atom. The molecular formula is C11H11BrN2O. The van der Waals surface area contributed by atoms with Crippen LogP contribution in [0.25, 0.3) is 5.82 Å². The molecule has 2 aromatic rings. The summed E-state index contributed by atoms with van der Waals surface area (Å²) in [5.74, 6) is 1.63. The van der Waals surface area contributed by atoms with Crippen LogP contribution >= 0.6 is 15.9 Å². The predicted molar refractivity (Wildman–Crippen MR) is 62.6 cm³/mol. The van der Waals surface area contributed by atoms with E-state index in [4.69, 9.17) is 4.74 Å². The summed E-state index contributed by atoms with van der Waals surface area (Å²) in [7, 11) is 1.64. The van der Waals surface area contributed by atoms with E-state index in [2.05, 4.69) is 20.9 Å². The van der Waals surface area contributed by atoms with Crippen molar-refractivity contribution in [3.05, 3.63) is 40.8 Å². The van der Waals surface area contributed by atoms with Crippen LogP contribution in [0.2, 0.25) is 0 Å². The van der Waals surface area contributed by atoms with Gasteiger partial charge in [0.25, 0.3) is 0 Å². The number of rotatable bonds is 2. The molecule has 0 atom stereocenters. The Hall–Kier alpha value is -1.29. The Bertz CT molecular complexity index is 479. The maximum atomic E-state index is 5.21. The molecule has 0 aliphatic heterocycles. The summed E-state index contributed by atoms with van der Waals surface area (Å²) in [5.41, 5.74) is 1.21. The monoisotopic (exact) mass is 266 g/mol. The Labute approximate surface area is 96.8 Å². The van der Waals surface area contributed by atoms with Crippen molar-refractivity contribution < 1.29 is 4.74 Å². The highest BCUT2D eigenvalue weighted by Crippen LogP contribution is 2.25. The van der Waals surface area contributed by atoms with Gasteiger partial charge in [-0.25, -0.2) is 4.98 Å². The van der Waals surface area contributed by atoms with Gasteiger partial charge in [-0.05, 0) is 34.5 Å². The van der Waals surface area contributed by atoms with E-state index in [-0.39, 0.29) is 0 Å². The van der Waals surface area contributed by atoms with Crippen molar-refractivity contribution in [3.63, 3.8) is 0 Å². The van der Waals surface area contributed by atoms with Crippen LogP contribution in [0.1, 0.15) is 5.56 Å². The van der Waals surface area contributed by atoms with E-state index in [9.17, 15) is 0 Å². The molecule has 2 heterocycles. The smallest absolute Gasteiger partial charge is 0.140 e. The standard InChI is InChI=1S/C11H11BrN2O/c1-8-3-4-14(7-8)11-5-10(15-2)9(12)6-13-11/h3-7H,1-2H3. The molecule has 2 aromatic heterocycles. The number of aromatic nitrogens is 2. The summed E-state index contributed by atoms with van der Waals surface area (Å²) in [5, 5.41) is 0. The highest BCUT2D eigenvalue weighted by atomic mass is 79.9. The van der Waals surface area contributed by atoms with Gasteiger partial charge in [0, 0.05) is 24.7 Å². The summed E-state index contributed by atoms with van der Waals surface area (Å²) in [4.78, 5) is 4.31. The van der Waals surface area contributed by atoms with Crippen LogP contribution in [0.3, 0.4) is 0 Å². The van der Waals surface area contributed by atoms with Crippen molar-refractivity contribution in [3.8, 4) is 11.6 Å². The lowest BCUT2D eigenvalue weighted by Gasteiger charge is -2.06. The van der Waals surface area contributed by atoms with Gasteiger partial charge in [0.1, 0.15) is 11.6 Å². The minimum Gasteiger partial charge on any atom is -0.495 e. The third kappa shape index (κ3) is 2.04. The second kappa shape index (κ2) is 4.06. The molecular weight excluding hydrogens is 256 g/mol. The van der Waals surface area contributed by atoms with Gasteiger partial charge in [-0.15, -0.1) is 0 Å². The van der Waals surface area contributed by atoms with Gasteiger partial charge in [-0.2, -0.15) is 0 Å². The molecule has 0 N–H and O–H groups in total. The Kier molecular flexibility index (Phi) is 2.77. The number of methoxy groups -OCH3 is 1. The second-order valence-corrected chi connectivity index (χ2v) is 4.13. The van der Waals surface area contributed by atoms with Gasteiger partial charge in [-0.3, -0.25) is 0 Å². The number of hydrogen-bond acceptors (Lipinski definition) is 2. The Balaban J connectivity index is 2.45. The molecule has 0 aliphatic rings. The molecule has 0 fully saturated rings. The SMILES string of the molecule is COc1cc(-n2ccc(C)c2)ncc1Br. The molecule has 0 amide bonds. The van der Waals surface area contributed by atoms with Crippen LogP contribution in [-0.2, 0) is 0 Å². The third-order valence-electron chi connectivity index (χ3n) is 2.13. The van der Waals surface area contributed by atoms with Crippen LogP contribution in [0, 0.1) is 6.92 Å². The minimum absolute atomic E-state index is 0.784. The van der Waals surface area contributed by atoms with Crippen LogP contribution in [-0.4, -0.2) is 16.7 Å². The van der Waals surface area contributed by atoms with E-state index in [1.54, 1.807) is 13.3 Å². The minimum atomic E-state index is 0.784. The molecule has 0 saturated heterocycles. The first kappa shape index (κ1) is 10.2. The number of ether oxygens (including phenoxy) is 1. The zero-order chi connectivity index (χ0) is 10.8. The van der Waals surface area contributed by atoms with Crippen molar-refractivity contribution in [1.82, 2.24) is 9.55 Å². The zero-order valence-corrected chi connectivity index (χ0v) is 10.2. The van der Waals surface area contributed by atoms with Gasteiger partial charge in [0.05, 0.1) is 11.6 Å². The molecule has 3 nitrogen and oxygen atoms in total. The molecule has 0 unspecified atom stereocenters.